The van der Waals surface area contributed by atoms with Crippen molar-refractivity contribution < 1.29 is 0 Å². The maximum Gasteiger partial charge on any atom is 0.107 e. The van der Waals surface area contributed by atoms with Crippen molar-refractivity contribution in [2.75, 3.05) is 13.6 Å². The largest absolute Gasteiger partial charge is 0.310 e. The van der Waals surface area contributed by atoms with E-state index in [2.05, 4.69) is 36.5 Å². The lowest BCUT2D eigenvalue weighted by Gasteiger charge is -2.34. The Labute approximate surface area is 134 Å². The minimum Gasteiger partial charge on any atom is -0.310 e. The molecule has 2 rings (SSSR count). The van der Waals surface area contributed by atoms with Crippen LogP contribution in [0.15, 0.2) is 5.38 Å². The van der Waals surface area contributed by atoms with Crippen molar-refractivity contribution in [3.05, 3.63) is 16.1 Å². The highest BCUT2D eigenvalue weighted by atomic mass is 32.1. The number of nitrogens with one attached hydrogen (secondary N) is 1. The third-order valence-corrected chi connectivity index (χ3v) is 5.63. The fourth-order valence-corrected chi connectivity index (χ4v) is 4.01. The summed E-state index contributed by atoms with van der Waals surface area (Å²) in [7, 11) is 2.27. The molecule has 1 saturated carbocycles. The molecule has 1 aliphatic carbocycles. The van der Waals surface area contributed by atoms with Gasteiger partial charge in [0.15, 0.2) is 0 Å². The summed E-state index contributed by atoms with van der Waals surface area (Å²) >= 11 is 1.79. The van der Waals surface area contributed by atoms with E-state index in [1.54, 1.807) is 11.3 Å². The Hall–Kier alpha value is -0.450. The summed E-state index contributed by atoms with van der Waals surface area (Å²) in [6.45, 7) is 7.53. The van der Waals surface area contributed by atoms with Crippen molar-refractivity contribution in [2.24, 2.45) is 5.92 Å². The molecule has 4 heteroatoms. The Morgan fingerprint density at radius 2 is 2.05 bits per heavy atom. The van der Waals surface area contributed by atoms with Crippen molar-refractivity contribution >= 4 is 11.3 Å². The lowest BCUT2D eigenvalue weighted by Crippen LogP contribution is -2.34. The molecule has 0 unspecified atom stereocenters. The average Bonchev–Trinajstić information content (AvgIpc) is 2.95. The molecule has 0 bridgehead atoms. The number of hydrogen-bond acceptors (Lipinski definition) is 4. The van der Waals surface area contributed by atoms with E-state index in [1.807, 2.05) is 0 Å². The first-order chi connectivity index (χ1) is 10.2. The van der Waals surface area contributed by atoms with Gasteiger partial charge in [0, 0.05) is 24.5 Å². The van der Waals surface area contributed by atoms with Crippen LogP contribution < -0.4 is 5.32 Å². The van der Waals surface area contributed by atoms with Crippen LogP contribution in [0, 0.1) is 5.92 Å². The molecule has 0 aliphatic heterocycles. The van der Waals surface area contributed by atoms with Gasteiger partial charge in [-0.25, -0.2) is 4.98 Å². The highest BCUT2D eigenvalue weighted by molar-refractivity contribution is 7.09. The van der Waals surface area contributed by atoms with Crippen molar-refractivity contribution in [1.29, 1.82) is 0 Å². The van der Waals surface area contributed by atoms with E-state index in [9.17, 15) is 0 Å². The second-order valence-electron chi connectivity index (χ2n) is 6.41. The number of aromatic nitrogens is 1. The molecule has 120 valence electrons. The number of hydrogen-bond donors (Lipinski definition) is 1. The summed E-state index contributed by atoms with van der Waals surface area (Å²) in [5.74, 6) is 0.977. The van der Waals surface area contributed by atoms with Crippen molar-refractivity contribution in [1.82, 2.24) is 15.2 Å². The standard InChI is InChI=1S/C17H31N3S/c1-4-10-18-11-17-19-15(13-21-17)12-20(3)16-8-6-14(5-2)7-9-16/h13-14,16,18H,4-12H2,1-3H3. The van der Waals surface area contributed by atoms with Gasteiger partial charge in [-0.1, -0.05) is 20.3 Å². The molecule has 21 heavy (non-hydrogen) atoms. The van der Waals surface area contributed by atoms with Gasteiger partial charge in [-0.05, 0) is 51.6 Å². The van der Waals surface area contributed by atoms with E-state index in [0.29, 0.717) is 0 Å². The summed E-state index contributed by atoms with van der Waals surface area (Å²) in [5, 5.41) is 6.88. The van der Waals surface area contributed by atoms with E-state index < -0.39 is 0 Å². The fraction of sp³-hybridized carbons (Fsp3) is 0.824. The first kappa shape index (κ1) is 16.9. The van der Waals surface area contributed by atoms with Crippen LogP contribution in [0.4, 0.5) is 0 Å². The van der Waals surface area contributed by atoms with Crippen molar-refractivity contribution in [3.63, 3.8) is 0 Å². The highest BCUT2D eigenvalue weighted by Gasteiger charge is 2.23. The van der Waals surface area contributed by atoms with Gasteiger partial charge >= 0.3 is 0 Å². The average molecular weight is 310 g/mol. The molecule has 0 atom stereocenters. The summed E-state index contributed by atoms with van der Waals surface area (Å²) in [6.07, 6.45) is 8.09. The summed E-state index contributed by atoms with van der Waals surface area (Å²) < 4.78 is 0. The van der Waals surface area contributed by atoms with Crippen LogP contribution in [0.1, 0.15) is 63.1 Å². The maximum atomic E-state index is 4.76. The molecule has 1 fully saturated rings. The second-order valence-corrected chi connectivity index (χ2v) is 7.35. The van der Waals surface area contributed by atoms with E-state index in [-0.39, 0.29) is 0 Å². The summed E-state index contributed by atoms with van der Waals surface area (Å²) in [6, 6.07) is 0.760. The molecule has 0 aromatic carbocycles. The Balaban J connectivity index is 1.76. The molecule has 3 nitrogen and oxygen atoms in total. The molecule has 1 heterocycles. The lowest BCUT2D eigenvalue weighted by molar-refractivity contribution is 0.156. The van der Waals surface area contributed by atoms with E-state index in [4.69, 9.17) is 4.98 Å². The van der Waals surface area contributed by atoms with Crippen LogP contribution in [0.2, 0.25) is 0 Å². The molecular weight excluding hydrogens is 278 g/mol. The van der Waals surface area contributed by atoms with Crippen molar-refractivity contribution in [3.8, 4) is 0 Å². The number of nitrogens with zero attached hydrogens (tertiary/aromatic N) is 2. The van der Waals surface area contributed by atoms with E-state index in [1.165, 1.54) is 49.2 Å². The third-order valence-electron chi connectivity index (χ3n) is 4.73. The SMILES string of the molecule is CCCNCc1nc(CN(C)C2CCC(CC)CC2)cs1. The van der Waals surface area contributed by atoms with Crippen LogP contribution in [0.25, 0.3) is 0 Å². The van der Waals surface area contributed by atoms with E-state index >= 15 is 0 Å². The molecule has 0 amide bonds. The normalized spacial score (nSPS) is 22.9. The second kappa shape index (κ2) is 8.86. The molecular formula is C17H31N3S. The molecule has 1 aromatic heterocycles. The van der Waals surface area contributed by atoms with Gasteiger partial charge in [0.05, 0.1) is 5.69 Å². The van der Waals surface area contributed by atoms with Crippen LogP contribution in [-0.4, -0.2) is 29.5 Å². The predicted molar refractivity (Wildman–Crippen MR) is 91.6 cm³/mol. The minimum absolute atomic E-state index is 0.760. The van der Waals surface area contributed by atoms with Crippen LogP contribution in [0.5, 0.6) is 0 Å². The Kier molecular flexibility index (Phi) is 7.14. The highest BCUT2D eigenvalue weighted by Crippen LogP contribution is 2.29. The monoisotopic (exact) mass is 309 g/mol. The lowest BCUT2D eigenvalue weighted by atomic mass is 9.84. The smallest absolute Gasteiger partial charge is 0.107 e. The zero-order valence-electron chi connectivity index (χ0n) is 13.9. The molecule has 0 radical (unpaired) electrons. The maximum absolute atomic E-state index is 4.76. The first-order valence-corrected chi connectivity index (χ1v) is 9.45. The van der Waals surface area contributed by atoms with Gasteiger partial charge < -0.3 is 5.32 Å². The number of rotatable bonds is 8. The molecule has 0 spiro atoms. The molecule has 1 aliphatic rings. The summed E-state index contributed by atoms with van der Waals surface area (Å²) in [4.78, 5) is 7.28. The summed E-state index contributed by atoms with van der Waals surface area (Å²) in [5.41, 5.74) is 1.24. The third kappa shape index (κ3) is 5.35. The molecule has 1 N–H and O–H groups in total. The van der Waals surface area contributed by atoms with Crippen molar-refractivity contribution in [2.45, 2.75) is 71.5 Å². The zero-order chi connectivity index (χ0) is 15.1. The first-order valence-electron chi connectivity index (χ1n) is 8.57. The molecule has 1 aromatic rings. The predicted octanol–water partition coefficient (Wildman–Crippen LogP) is 4.04. The Morgan fingerprint density at radius 1 is 1.29 bits per heavy atom. The topological polar surface area (TPSA) is 28.2 Å². The van der Waals surface area contributed by atoms with Crippen LogP contribution in [0.3, 0.4) is 0 Å². The van der Waals surface area contributed by atoms with Gasteiger partial charge in [0.2, 0.25) is 0 Å². The van der Waals surface area contributed by atoms with Crippen LogP contribution >= 0.6 is 11.3 Å². The number of thiazole rings is 1. The minimum atomic E-state index is 0.760. The van der Waals surface area contributed by atoms with Crippen LogP contribution in [-0.2, 0) is 13.1 Å². The van der Waals surface area contributed by atoms with Gasteiger partial charge in [0.25, 0.3) is 0 Å². The quantitative estimate of drug-likeness (QED) is 0.735. The van der Waals surface area contributed by atoms with Gasteiger partial charge in [-0.2, -0.15) is 0 Å². The van der Waals surface area contributed by atoms with Gasteiger partial charge in [0.1, 0.15) is 5.01 Å². The Bertz CT molecular complexity index is 396. The zero-order valence-corrected chi connectivity index (χ0v) is 14.7. The molecule has 0 saturated heterocycles. The van der Waals surface area contributed by atoms with E-state index in [0.717, 1.165) is 31.6 Å². The van der Waals surface area contributed by atoms with Gasteiger partial charge in [-0.15, -0.1) is 11.3 Å². The Morgan fingerprint density at radius 3 is 2.71 bits per heavy atom. The fourth-order valence-electron chi connectivity index (χ4n) is 3.25. The van der Waals surface area contributed by atoms with Gasteiger partial charge in [-0.3, -0.25) is 4.90 Å².